The second kappa shape index (κ2) is 11.1. The molecule has 44 heavy (non-hydrogen) atoms. The number of nitrogens with zero attached hydrogens (tertiary/aromatic N) is 1. The van der Waals surface area contributed by atoms with Crippen LogP contribution in [0, 0.1) is 0 Å². The molecule has 0 aliphatic carbocycles. The number of hydrogen-bond donors (Lipinski definition) is 0. The lowest BCUT2D eigenvalue weighted by molar-refractivity contribution is 0.631. The van der Waals surface area contributed by atoms with E-state index in [1.54, 1.807) is 0 Å². The summed E-state index contributed by atoms with van der Waals surface area (Å²) in [6, 6.07) is 62.1. The molecule has 0 atom stereocenters. The number of furan rings is 1. The van der Waals surface area contributed by atoms with Gasteiger partial charge in [-0.2, -0.15) is 0 Å². The SMILES string of the molecule is c1ccc(N(c2ccc(-c3cccc(-c4cc5ccccc5o4)c3)cc2)c2ccc(-c3cccc4ccccc34)cc2)cc1. The number of rotatable bonds is 6. The van der Waals surface area contributed by atoms with E-state index < -0.39 is 0 Å². The van der Waals surface area contributed by atoms with E-state index in [0.717, 1.165) is 50.5 Å². The quantitative estimate of drug-likeness (QED) is 0.200. The van der Waals surface area contributed by atoms with Gasteiger partial charge in [-0.15, -0.1) is 0 Å². The maximum atomic E-state index is 6.14. The van der Waals surface area contributed by atoms with Crippen molar-refractivity contribution in [2.24, 2.45) is 0 Å². The van der Waals surface area contributed by atoms with E-state index in [-0.39, 0.29) is 0 Å². The van der Waals surface area contributed by atoms with Crippen LogP contribution in [0.3, 0.4) is 0 Å². The minimum Gasteiger partial charge on any atom is -0.456 e. The first-order valence-corrected chi connectivity index (χ1v) is 14.9. The summed E-state index contributed by atoms with van der Waals surface area (Å²) in [7, 11) is 0. The Morgan fingerprint density at radius 3 is 1.73 bits per heavy atom. The lowest BCUT2D eigenvalue weighted by Crippen LogP contribution is -2.09. The van der Waals surface area contributed by atoms with Gasteiger partial charge in [0.2, 0.25) is 0 Å². The van der Waals surface area contributed by atoms with Crippen LogP contribution in [-0.4, -0.2) is 0 Å². The van der Waals surface area contributed by atoms with Gasteiger partial charge in [0.15, 0.2) is 0 Å². The molecule has 2 heteroatoms. The van der Waals surface area contributed by atoms with Crippen molar-refractivity contribution >= 4 is 38.8 Å². The van der Waals surface area contributed by atoms with E-state index in [9.17, 15) is 0 Å². The maximum absolute atomic E-state index is 6.14. The maximum Gasteiger partial charge on any atom is 0.135 e. The first-order valence-electron chi connectivity index (χ1n) is 14.9. The monoisotopic (exact) mass is 563 g/mol. The average Bonchev–Trinajstić information content (AvgIpc) is 3.54. The Hall–Kier alpha value is -5.86. The van der Waals surface area contributed by atoms with Gasteiger partial charge in [0.25, 0.3) is 0 Å². The van der Waals surface area contributed by atoms with E-state index in [1.165, 1.54) is 21.9 Å². The summed E-state index contributed by atoms with van der Waals surface area (Å²) in [6.07, 6.45) is 0. The third-order valence-electron chi connectivity index (χ3n) is 8.27. The summed E-state index contributed by atoms with van der Waals surface area (Å²) < 4.78 is 6.14. The molecule has 7 aromatic carbocycles. The molecule has 0 saturated carbocycles. The van der Waals surface area contributed by atoms with Crippen molar-refractivity contribution in [1.82, 2.24) is 0 Å². The van der Waals surface area contributed by atoms with Crippen molar-refractivity contribution in [2.45, 2.75) is 0 Å². The van der Waals surface area contributed by atoms with E-state index in [1.807, 2.05) is 18.2 Å². The highest BCUT2D eigenvalue weighted by Gasteiger charge is 2.14. The lowest BCUT2D eigenvalue weighted by Gasteiger charge is -2.26. The molecular formula is C42H29NO. The van der Waals surface area contributed by atoms with Gasteiger partial charge in [-0.05, 0) is 87.6 Å². The van der Waals surface area contributed by atoms with Crippen LogP contribution in [-0.2, 0) is 0 Å². The van der Waals surface area contributed by atoms with E-state index in [0.29, 0.717) is 0 Å². The van der Waals surface area contributed by atoms with Crippen molar-refractivity contribution in [3.8, 4) is 33.6 Å². The van der Waals surface area contributed by atoms with Gasteiger partial charge in [0, 0.05) is 28.0 Å². The summed E-state index contributed by atoms with van der Waals surface area (Å²) in [5.41, 5.74) is 10.1. The van der Waals surface area contributed by atoms with Gasteiger partial charge in [-0.3, -0.25) is 0 Å². The normalized spacial score (nSPS) is 11.2. The van der Waals surface area contributed by atoms with Crippen LogP contribution >= 0.6 is 0 Å². The second-order valence-corrected chi connectivity index (χ2v) is 11.0. The molecule has 0 spiro atoms. The molecule has 2 nitrogen and oxygen atoms in total. The fourth-order valence-electron chi connectivity index (χ4n) is 6.07. The van der Waals surface area contributed by atoms with Crippen molar-refractivity contribution in [2.75, 3.05) is 4.90 Å². The van der Waals surface area contributed by atoms with Gasteiger partial charge in [0.05, 0.1) is 0 Å². The van der Waals surface area contributed by atoms with Crippen molar-refractivity contribution in [3.63, 3.8) is 0 Å². The topological polar surface area (TPSA) is 16.4 Å². The molecule has 0 aliphatic heterocycles. The van der Waals surface area contributed by atoms with Gasteiger partial charge in [0.1, 0.15) is 11.3 Å². The van der Waals surface area contributed by atoms with Crippen LogP contribution in [0.15, 0.2) is 180 Å². The molecule has 0 aliphatic rings. The molecule has 1 aromatic heterocycles. The third-order valence-corrected chi connectivity index (χ3v) is 8.27. The van der Waals surface area contributed by atoms with Crippen LogP contribution in [0.2, 0.25) is 0 Å². The molecule has 8 aromatic rings. The Kier molecular flexibility index (Phi) is 6.51. The third kappa shape index (κ3) is 4.83. The lowest BCUT2D eigenvalue weighted by atomic mass is 9.98. The molecule has 0 unspecified atom stereocenters. The van der Waals surface area contributed by atoms with E-state index in [4.69, 9.17) is 4.42 Å². The predicted octanol–water partition coefficient (Wildman–Crippen LogP) is 12.1. The molecule has 0 amide bonds. The molecule has 0 saturated heterocycles. The molecule has 1 heterocycles. The summed E-state index contributed by atoms with van der Waals surface area (Å²) >= 11 is 0. The number of para-hydroxylation sites is 2. The molecule has 0 bridgehead atoms. The van der Waals surface area contributed by atoms with Gasteiger partial charge >= 0.3 is 0 Å². The van der Waals surface area contributed by atoms with E-state index in [2.05, 4.69) is 163 Å². The summed E-state index contributed by atoms with van der Waals surface area (Å²) in [5.74, 6) is 0.881. The average molecular weight is 564 g/mol. The van der Waals surface area contributed by atoms with Crippen LogP contribution in [0.4, 0.5) is 17.1 Å². The van der Waals surface area contributed by atoms with Gasteiger partial charge < -0.3 is 9.32 Å². The van der Waals surface area contributed by atoms with Crippen LogP contribution < -0.4 is 4.90 Å². The Morgan fingerprint density at radius 2 is 0.955 bits per heavy atom. The summed E-state index contributed by atoms with van der Waals surface area (Å²) in [4.78, 5) is 2.31. The van der Waals surface area contributed by atoms with Crippen LogP contribution in [0.1, 0.15) is 0 Å². The zero-order valence-electron chi connectivity index (χ0n) is 24.1. The first-order chi connectivity index (χ1) is 21.8. The Labute approximate surface area is 257 Å². The van der Waals surface area contributed by atoms with Crippen LogP contribution in [0.25, 0.3) is 55.3 Å². The molecular weight excluding hydrogens is 534 g/mol. The van der Waals surface area contributed by atoms with Gasteiger partial charge in [-0.1, -0.05) is 121 Å². The van der Waals surface area contributed by atoms with Gasteiger partial charge in [-0.25, -0.2) is 0 Å². The highest BCUT2D eigenvalue weighted by atomic mass is 16.3. The fourth-order valence-corrected chi connectivity index (χ4v) is 6.07. The number of fused-ring (bicyclic) bond motifs is 2. The largest absolute Gasteiger partial charge is 0.456 e. The highest BCUT2D eigenvalue weighted by Crippen LogP contribution is 2.38. The molecule has 8 rings (SSSR count). The Morgan fingerprint density at radius 1 is 0.364 bits per heavy atom. The fraction of sp³-hybridized carbons (Fsp3) is 0. The van der Waals surface area contributed by atoms with Crippen molar-refractivity contribution < 1.29 is 4.42 Å². The second-order valence-electron chi connectivity index (χ2n) is 11.0. The zero-order valence-corrected chi connectivity index (χ0v) is 24.1. The van der Waals surface area contributed by atoms with E-state index >= 15 is 0 Å². The van der Waals surface area contributed by atoms with Crippen molar-refractivity contribution in [1.29, 1.82) is 0 Å². The smallest absolute Gasteiger partial charge is 0.135 e. The standard InChI is InChI=1S/C42H29NO/c1-2-15-36(16-3-1)43(38-26-22-32(23-27-38)40-18-9-12-31-10-4-6-17-39(31)40)37-24-20-30(21-25-37)33-13-8-14-34(28-33)42-29-35-11-5-7-19-41(35)44-42/h1-29H. The molecule has 0 radical (unpaired) electrons. The van der Waals surface area contributed by atoms with Crippen LogP contribution in [0.5, 0.6) is 0 Å². The first kappa shape index (κ1) is 25.8. The minimum absolute atomic E-state index is 0.881. The number of benzene rings is 7. The number of hydrogen-bond acceptors (Lipinski definition) is 2. The molecule has 208 valence electrons. The highest BCUT2D eigenvalue weighted by molar-refractivity contribution is 5.97. The minimum atomic E-state index is 0.881. The Bertz CT molecular complexity index is 2170. The predicted molar refractivity (Wildman–Crippen MR) is 185 cm³/mol. The van der Waals surface area contributed by atoms with Crippen molar-refractivity contribution in [3.05, 3.63) is 176 Å². The zero-order chi connectivity index (χ0) is 29.3. The molecule has 0 fully saturated rings. The Balaban J connectivity index is 1.13. The summed E-state index contributed by atoms with van der Waals surface area (Å²) in [5, 5.41) is 3.63. The molecule has 0 N–H and O–H groups in total. The summed E-state index contributed by atoms with van der Waals surface area (Å²) in [6.45, 7) is 0. The number of anilines is 3.